The Morgan fingerprint density at radius 2 is 2.12 bits per heavy atom. The summed E-state index contributed by atoms with van der Waals surface area (Å²) in [6.07, 6.45) is 4.13. The van der Waals surface area contributed by atoms with Crippen molar-refractivity contribution in [2.45, 2.75) is 38.4 Å². The molecule has 6 nitrogen and oxygen atoms in total. The molecule has 0 amide bonds. The summed E-state index contributed by atoms with van der Waals surface area (Å²) in [5, 5.41) is 10.4. The molecule has 1 aliphatic carbocycles. The standard InChI is InChI=1S/C19H29N3O3/c1-14(23)15-4-5-18(20-13-15)22-8-6-19(7-9-22)16(24)12-17(19)25-11-10-21(2)3/h4-5,13,16-17,24H,6-12H2,1-3H3/t16-,17+/m1/s1. The molecular weight excluding hydrogens is 318 g/mol. The van der Waals surface area contributed by atoms with Crippen LogP contribution in [0.25, 0.3) is 0 Å². The molecule has 3 rings (SSSR count). The first-order chi connectivity index (χ1) is 11.9. The van der Waals surface area contributed by atoms with Crippen LogP contribution in [-0.2, 0) is 4.74 Å². The molecule has 25 heavy (non-hydrogen) atoms. The van der Waals surface area contributed by atoms with E-state index in [0.717, 1.165) is 44.7 Å². The Hall–Kier alpha value is -1.50. The zero-order valence-electron chi connectivity index (χ0n) is 15.4. The second kappa shape index (κ2) is 7.40. The van der Waals surface area contributed by atoms with Gasteiger partial charge in [0.1, 0.15) is 5.82 Å². The summed E-state index contributed by atoms with van der Waals surface area (Å²) in [7, 11) is 4.08. The number of likely N-dealkylation sites (N-methyl/N-ethyl adjacent to an activating group) is 1. The number of aromatic nitrogens is 1. The molecular formula is C19H29N3O3. The number of nitrogens with zero attached hydrogens (tertiary/aromatic N) is 3. The van der Waals surface area contributed by atoms with Gasteiger partial charge in [-0.25, -0.2) is 4.98 Å². The van der Waals surface area contributed by atoms with Crippen LogP contribution in [0, 0.1) is 5.41 Å². The average Bonchev–Trinajstić information content (AvgIpc) is 2.61. The zero-order valence-corrected chi connectivity index (χ0v) is 15.4. The largest absolute Gasteiger partial charge is 0.392 e. The van der Waals surface area contributed by atoms with Gasteiger partial charge in [-0.15, -0.1) is 0 Å². The summed E-state index contributed by atoms with van der Waals surface area (Å²) in [6.45, 7) is 4.88. The molecule has 0 aromatic carbocycles. The lowest BCUT2D eigenvalue weighted by molar-refractivity contribution is -0.202. The van der Waals surface area contributed by atoms with Gasteiger partial charge in [-0.1, -0.05) is 0 Å². The maximum Gasteiger partial charge on any atom is 0.161 e. The lowest BCUT2D eigenvalue weighted by Crippen LogP contribution is -2.62. The molecule has 1 aromatic rings. The van der Waals surface area contributed by atoms with E-state index in [1.807, 2.05) is 26.2 Å². The predicted octanol–water partition coefficient (Wildman–Crippen LogP) is 1.58. The van der Waals surface area contributed by atoms with Crippen molar-refractivity contribution in [3.63, 3.8) is 0 Å². The minimum absolute atomic E-state index is 0.0342. The lowest BCUT2D eigenvalue weighted by Gasteiger charge is -2.56. The van der Waals surface area contributed by atoms with E-state index in [4.69, 9.17) is 4.74 Å². The minimum Gasteiger partial charge on any atom is -0.392 e. The molecule has 0 radical (unpaired) electrons. The highest BCUT2D eigenvalue weighted by Gasteiger charge is 2.56. The SMILES string of the molecule is CC(=O)c1ccc(N2CCC3(CC2)[C@H](O)C[C@@H]3OCCN(C)C)nc1. The highest BCUT2D eigenvalue weighted by atomic mass is 16.5. The van der Waals surface area contributed by atoms with Gasteiger partial charge in [0.2, 0.25) is 0 Å². The monoisotopic (exact) mass is 347 g/mol. The Balaban J connectivity index is 1.57. The number of anilines is 1. The topological polar surface area (TPSA) is 65.9 Å². The van der Waals surface area contributed by atoms with E-state index >= 15 is 0 Å². The lowest BCUT2D eigenvalue weighted by atomic mass is 9.58. The second-order valence-corrected chi connectivity index (χ2v) is 7.60. The van der Waals surface area contributed by atoms with Gasteiger partial charge in [0.05, 0.1) is 18.8 Å². The van der Waals surface area contributed by atoms with Crippen molar-refractivity contribution in [1.29, 1.82) is 0 Å². The van der Waals surface area contributed by atoms with E-state index in [-0.39, 0.29) is 23.4 Å². The van der Waals surface area contributed by atoms with E-state index < -0.39 is 0 Å². The third-order valence-corrected chi connectivity index (χ3v) is 5.77. The number of ketones is 1. The molecule has 2 fully saturated rings. The fourth-order valence-corrected chi connectivity index (χ4v) is 3.93. The van der Waals surface area contributed by atoms with E-state index in [1.165, 1.54) is 0 Å². The molecule has 1 aromatic heterocycles. The highest BCUT2D eigenvalue weighted by molar-refractivity contribution is 5.93. The van der Waals surface area contributed by atoms with Gasteiger partial charge in [0, 0.05) is 43.2 Å². The normalized spacial score (nSPS) is 25.2. The van der Waals surface area contributed by atoms with Crippen molar-refractivity contribution in [3.05, 3.63) is 23.9 Å². The van der Waals surface area contributed by atoms with Crippen LogP contribution in [0.4, 0.5) is 5.82 Å². The Bertz CT molecular complexity index is 594. The van der Waals surface area contributed by atoms with Gasteiger partial charge in [-0.05, 0) is 46.0 Å². The predicted molar refractivity (Wildman–Crippen MR) is 97.0 cm³/mol. The summed E-state index contributed by atoms with van der Waals surface area (Å²) in [5.41, 5.74) is 0.545. The molecule has 2 atom stereocenters. The van der Waals surface area contributed by atoms with Crippen molar-refractivity contribution in [2.75, 3.05) is 45.2 Å². The molecule has 138 valence electrons. The molecule has 6 heteroatoms. The first-order valence-corrected chi connectivity index (χ1v) is 9.09. The smallest absolute Gasteiger partial charge is 0.161 e. The fourth-order valence-electron chi connectivity index (χ4n) is 3.93. The summed E-state index contributed by atoms with van der Waals surface area (Å²) >= 11 is 0. The maximum absolute atomic E-state index is 11.4. The van der Waals surface area contributed by atoms with Crippen LogP contribution in [-0.4, -0.2) is 73.3 Å². The van der Waals surface area contributed by atoms with Crippen molar-refractivity contribution < 1.29 is 14.6 Å². The number of piperidine rings is 1. The Kier molecular flexibility index (Phi) is 5.41. The number of carbonyl (C=O) groups is 1. The molecule has 1 saturated carbocycles. The number of carbonyl (C=O) groups excluding carboxylic acids is 1. The fraction of sp³-hybridized carbons (Fsp3) is 0.684. The second-order valence-electron chi connectivity index (χ2n) is 7.60. The molecule has 1 saturated heterocycles. The number of rotatable bonds is 6. The summed E-state index contributed by atoms with van der Waals surface area (Å²) in [5.74, 6) is 0.936. The maximum atomic E-state index is 11.4. The van der Waals surface area contributed by atoms with Crippen LogP contribution in [0.3, 0.4) is 0 Å². The highest BCUT2D eigenvalue weighted by Crippen LogP contribution is 2.51. The van der Waals surface area contributed by atoms with Crippen molar-refractivity contribution >= 4 is 11.6 Å². The van der Waals surface area contributed by atoms with Crippen LogP contribution < -0.4 is 4.90 Å². The molecule has 0 bridgehead atoms. The van der Waals surface area contributed by atoms with Crippen molar-refractivity contribution in [1.82, 2.24) is 9.88 Å². The van der Waals surface area contributed by atoms with Crippen LogP contribution in [0.2, 0.25) is 0 Å². The third-order valence-electron chi connectivity index (χ3n) is 5.77. The molecule has 2 aliphatic rings. The van der Waals surface area contributed by atoms with Gasteiger partial charge >= 0.3 is 0 Å². The molecule has 2 heterocycles. The van der Waals surface area contributed by atoms with E-state index in [0.29, 0.717) is 12.2 Å². The van der Waals surface area contributed by atoms with Crippen molar-refractivity contribution in [2.24, 2.45) is 5.41 Å². The summed E-state index contributed by atoms with van der Waals surface area (Å²) in [6, 6.07) is 3.75. The molecule has 1 spiro atoms. The first kappa shape index (κ1) is 18.3. The zero-order chi connectivity index (χ0) is 18.0. The number of aliphatic hydroxyl groups is 1. The number of hydrogen-bond donors (Lipinski definition) is 1. The van der Waals surface area contributed by atoms with Crippen LogP contribution in [0.5, 0.6) is 0 Å². The first-order valence-electron chi connectivity index (χ1n) is 9.09. The van der Waals surface area contributed by atoms with Crippen molar-refractivity contribution in [3.8, 4) is 0 Å². The van der Waals surface area contributed by atoms with Gasteiger partial charge in [-0.3, -0.25) is 4.79 Å². The third kappa shape index (κ3) is 3.71. The van der Waals surface area contributed by atoms with E-state index in [1.54, 1.807) is 13.1 Å². The van der Waals surface area contributed by atoms with E-state index in [9.17, 15) is 9.90 Å². The van der Waals surface area contributed by atoms with Gasteiger partial charge in [0.15, 0.2) is 5.78 Å². The average molecular weight is 347 g/mol. The van der Waals surface area contributed by atoms with E-state index in [2.05, 4.69) is 14.8 Å². The van der Waals surface area contributed by atoms with Gasteiger partial charge in [-0.2, -0.15) is 0 Å². The number of ether oxygens (including phenoxy) is 1. The summed E-state index contributed by atoms with van der Waals surface area (Å²) < 4.78 is 6.06. The van der Waals surface area contributed by atoms with Crippen LogP contribution in [0.1, 0.15) is 36.5 Å². The molecule has 0 unspecified atom stereocenters. The summed E-state index contributed by atoms with van der Waals surface area (Å²) in [4.78, 5) is 20.1. The number of hydrogen-bond acceptors (Lipinski definition) is 6. The van der Waals surface area contributed by atoms with Crippen LogP contribution >= 0.6 is 0 Å². The van der Waals surface area contributed by atoms with Crippen LogP contribution in [0.15, 0.2) is 18.3 Å². The number of aliphatic hydroxyl groups excluding tert-OH is 1. The quantitative estimate of drug-likeness (QED) is 0.788. The number of pyridine rings is 1. The Morgan fingerprint density at radius 1 is 1.40 bits per heavy atom. The molecule has 1 aliphatic heterocycles. The Labute approximate surface area is 149 Å². The number of Topliss-reactive ketones (excluding diaryl/α,β-unsaturated/α-hetero) is 1. The minimum atomic E-state index is -0.257. The van der Waals surface area contributed by atoms with Gasteiger partial charge < -0.3 is 19.6 Å². The van der Waals surface area contributed by atoms with Gasteiger partial charge in [0.25, 0.3) is 0 Å². The molecule has 1 N–H and O–H groups in total. The Morgan fingerprint density at radius 3 is 2.64 bits per heavy atom.